The van der Waals surface area contributed by atoms with Crippen molar-refractivity contribution in [2.75, 3.05) is 11.6 Å². The quantitative estimate of drug-likeness (QED) is 0.273. The number of nitrogens with zero attached hydrogens (tertiary/aromatic N) is 1. The van der Waals surface area contributed by atoms with Gasteiger partial charge in [-0.1, -0.05) is 71.6 Å². The maximum atomic E-state index is 12.9. The molecule has 7 heteroatoms. The van der Waals surface area contributed by atoms with Gasteiger partial charge in [0.2, 0.25) is 0 Å². The van der Waals surface area contributed by atoms with Gasteiger partial charge in [0, 0.05) is 22.2 Å². The maximum absolute atomic E-state index is 12.9. The lowest BCUT2D eigenvalue weighted by Crippen LogP contribution is -2.23. The van der Waals surface area contributed by atoms with Gasteiger partial charge in [-0.05, 0) is 19.2 Å². The number of benzene rings is 2. The number of rotatable bonds is 5. The van der Waals surface area contributed by atoms with Gasteiger partial charge in [0.05, 0.1) is 5.56 Å². The van der Waals surface area contributed by atoms with Gasteiger partial charge >= 0.3 is 0 Å². The lowest BCUT2D eigenvalue weighted by molar-refractivity contribution is -0.112. The number of Topliss-reactive ketones (excluding diaryl/α,β-unsaturated/α-hetero) is 1. The Morgan fingerprint density at radius 1 is 1.07 bits per heavy atom. The fourth-order valence-corrected chi connectivity index (χ4v) is 4.59. The van der Waals surface area contributed by atoms with Crippen LogP contribution in [0.4, 0.5) is 5.00 Å². The number of ketones is 1. The van der Waals surface area contributed by atoms with Gasteiger partial charge < -0.3 is 10.3 Å². The minimum absolute atomic E-state index is 0.406. The van der Waals surface area contributed by atoms with E-state index in [-0.39, 0.29) is 0 Å². The van der Waals surface area contributed by atoms with Gasteiger partial charge in [-0.3, -0.25) is 9.59 Å². The first-order valence-corrected chi connectivity index (χ1v) is 10.7. The van der Waals surface area contributed by atoms with Gasteiger partial charge in [-0.15, -0.1) is 0 Å². The lowest BCUT2D eigenvalue weighted by atomic mass is 10.1. The van der Waals surface area contributed by atoms with Crippen LogP contribution in [0.25, 0.3) is 22.2 Å². The first-order chi connectivity index (χ1) is 13.6. The van der Waals surface area contributed by atoms with Crippen LogP contribution in [-0.4, -0.2) is 27.9 Å². The van der Waals surface area contributed by atoms with E-state index in [1.165, 1.54) is 23.1 Å². The Bertz CT molecular complexity index is 1180. The number of hydrogen-bond acceptors (Lipinski definition) is 5. The topological polar surface area (TPSA) is 74.8 Å². The summed E-state index contributed by atoms with van der Waals surface area (Å²) in [6.07, 6.45) is 1.93. The molecule has 0 radical (unpaired) electrons. The number of aryl methyl sites for hydroxylation is 1. The molecular weight excluding hydrogens is 390 g/mol. The molecule has 5 nitrogen and oxygen atoms in total. The van der Waals surface area contributed by atoms with Crippen molar-refractivity contribution in [3.63, 3.8) is 0 Å². The highest BCUT2D eigenvalue weighted by Gasteiger charge is 2.25. The maximum Gasteiger partial charge on any atom is 0.297 e. The third kappa shape index (κ3) is 3.34. The van der Waals surface area contributed by atoms with E-state index in [0.717, 1.165) is 20.8 Å². The summed E-state index contributed by atoms with van der Waals surface area (Å²) in [7, 11) is 0. The molecule has 0 saturated heterocycles. The summed E-state index contributed by atoms with van der Waals surface area (Å²) in [6.45, 7) is 1.80. The summed E-state index contributed by atoms with van der Waals surface area (Å²) in [4.78, 5) is 33.5. The zero-order chi connectivity index (χ0) is 19.7. The molecule has 2 N–H and O–H groups in total. The molecule has 0 saturated carbocycles. The predicted molar refractivity (Wildman–Crippen MR) is 115 cm³/mol. The van der Waals surface area contributed by atoms with Crippen LogP contribution in [0.1, 0.15) is 16.1 Å². The number of aromatic amines is 1. The monoisotopic (exact) mass is 407 g/mol. The highest BCUT2D eigenvalue weighted by atomic mass is 32.2. The molecule has 2 aromatic heterocycles. The minimum atomic E-state index is -0.665. The van der Waals surface area contributed by atoms with Crippen LogP contribution in [0.3, 0.4) is 0 Å². The van der Waals surface area contributed by atoms with Crippen molar-refractivity contribution in [3.8, 4) is 11.3 Å². The second kappa shape index (κ2) is 7.61. The Morgan fingerprint density at radius 3 is 2.54 bits per heavy atom. The Hall–Kier alpha value is -2.90. The SMILES string of the molecule is CSc1nc(-c2ccccc2)c(NC(=O)C(=O)c2c(C)[nH]c3ccccc23)s1. The molecule has 0 aliphatic rings. The smallest absolute Gasteiger partial charge is 0.297 e. The average molecular weight is 408 g/mol. The number of para-hydroxylation sites is 1. The molecule has 1 amide bonds. The number of carbonyl (C=O) groups excluding carboxylic acids is 2. The second-order valence-corrected chi connectivity index (χ2v) is 8.23. The molecule has 0 spiro atoms. The predicted octanol–water partition coefficient (Wildman–Crippen LogP) is 5.14. The van der Waals surface area contributed by atoms with Crippen LogP contribution >= 0.6 is 23.1 Å². The Kier molecular flexibility index (Phi) is 5.02. The number of fused-ring (bicyclic) bond motifs is 1. The molecule has 4 aromatic rings. The molecule has 2 aromatic carbocycles. The molecule has 4 rings (SSSR count). The molecule has 2 heterocycles. The average Bonchev–Trinajstić information content (AvgIpc) is 3.27. The molecular formula is C21H17N3O2S2. The molecule has 0 bridgehead atoms. The van der Waals surface area contributed by atoms with Crippen molar-refractivity contribution in [1.29, 1.82) is 0 Å². The number of anilines is 1. The summed E-state index contributed by atoms with van der Waals surface area (Å²) < 4.78 is 0.824. The van der Waals surface area contributed by atoms with Crippen LogP contribution in [0, 0.1) is 6.92 Å². The van der Waals surface area contributed by atoms with Gasteiger partial charge in [-0.25, -0.2) is 4.98 Å². The fourth-order valence-electron chi connectivity index (χ4n) is 3.11. The van der Waals surface area contributed by atoms with Crippen molar-refractivity contribution in [2.24, 2.45) is 0 Å². The van der Waals surface area contributed by atoms with Gasteiger partial charge in [0.15, 0.2) is 4.34 Å². The molecule has 0 aliphatic heterocycles. The van der Waals surface area contributed by atoms with Crippen molar-refractivity contribution >= 4 is 50.7 Å². The van der Waals surface area contributed by atoms with Crippen LogP contribution in [0.15, 0.2) is 58.9 Å². The molecule has 0 fully saturated rings. The fraction of sp³-hybridized carbons (Fsp3) is 0.0952. The summed E-state index contributed by atoms with van der Waals surface area (Å²) in [6, 6.07) is 17.1. The van der Waals surface area contributed by atoms with E-state index < -0.39 is 11.7 Å². The highest BCUT2D eigenvalue weighted by molar-refractivity contribution is 8.00. The van der Waals surface area contributed by atoms with E-state index >= 15 is 0 Å². The van der Waals surface area contributed by atoms with E-state index in [1.54, 1.807) is 6.92 Å². The number of carbonyl (C=O) groups is 2. The molecule has 0 atom stereocenters. The molecule has 28 heavy (non-hydrogen) atoms. The Labute approximate surface area is 170 Å². The Balaban J connectivity index is 1.68. The zero-order valence-electron chi connectivity index (χ0n) is 15.3. The number of hydrogen-bond donors (Lipinski definition) is 2. The Morgan fingerprint density at radius 2 is 1.79 bits per heavy atom. The van der Waals surface area contributed by atoms with E-state index in [4.69, 9.17) is 0 Å². The molecule has 0 aliphatic carbocycles. The second-order valence-electron chi connectivity index (χ2n) is 6.18. The number of H-pyrrole nitrogens is 1. The van der Waals surface area contributed by atoms with Crippen LogP contribution in [0.2, 0.25) is 0 Å². The molecule has 140 valence electrons. The lowest BCUT2D eigenvalue weighted by Gasteiger charge is -2.05. The van der Waals surface area contributed by atoms with E-state index in [2.05, 4.69) is 15.3 Å². The summed E-state index contributed by atoms with van der Waals surface area (Å²) in [5, 5.41) is 4.11. The standard InChI is InChI=1S/C21H17N3O2S2/c1-12-16(14-10-6-7-11-15(14)22-12)18(25)19(26)24-20-17(23-21(27-2)28-20)13-8-4-3-5-9-13/h3-11,22H,1-2H3,(H,24,26). The van der Waals surface area contributed by atoms with Crippen molar-refractivity contribution in [2.45, 2.75) is 11.3 Å². The largest absolute Gasteiger partial charge is 0.358 e. The third-order valence-electron chi connectivity index (χ3n) is 4.38. The number of amides is 1. The molecule has 0 unspecified atom stereocenters. The van der Waals surface area contributed by atoms with Gasteiger partial charge in [-0.2, -0.15) is 0 Å². The van der Waals surface area contributed by atoms with E-state index in [1.807, 2.05) is 60.9 Å². The van der Waals surface area contributed by atoms with Crippen molar-refractivity contribution in [1.82, 2.24) is 9.97 Å². The summed E-state index contributed by atoms with van der Waals surface area (Å²) >= 11 is 2.87. The number of nitrogens with one attached hydrogen (secondary N) is 2. The van der Waals surface area contributed by atoms with Crippen molar-refractivity contribution < 1.29 is 9.59 Å². The van der Waals surface area contributed by atoms with Crippen LogP contribution in [-0.2, 0) is 4.79 Å². The van der Waals surface area contributed by atoms with Crippen molar-refractivity contribution in [3.05, 3.63) is 65.9 Å². The number of aromatic nitrogens is 2. The van der Waals surface area contributed by atoms with Crippen LogP contribution < -0.4 is 5.32 Å². The summed E-state index contributed by atoms with van der Waals surface area (Å²) in [5.41, 5.74) is 3.49. The van der Waals surface area contributed by atoms with Gasteiger partial charge in [0.25, 0.3) is 11.7 Å². The minimum Gasteiger partial charge on any atom is -0.358 e. The van der Waals surface area contributed by atoms with E-state index in [0.29, 0.717) is 22.0 Å². The zero-order valence-corrected chi connectivity index (χ0v) is 16.9. The third-order valence-corrected chi connectivity index (χ3v) is 6.34. The first kappa shape index (κ1) is 18.5. The summed E-state index contributed by atoms with van der Waals surface area (Å²) in [5.74, 6) is -1.23. The van der Waals surface area contributed by atoms with E-state index in [9.17, 15) is 9.59 Å². The number of thiazole rings is 1. The first-order valence-electron chi connectivity index (χ1n) is 8.61. The highest BCUT2D eigenvalue weighted by Crippen LogP contribution is 2.37. The normalized spacial score (nSPS) is 10.9. The van der Waals surface area contributed by atoms with Crippen LogP contribution in [0.5, 0.6) is 0 Å². The number of thioether (sulfide) groups is 1. The van der Waals surface area contributed by atoms with Gasteiger partial charge in [0.1, 0.15) is 10.7 Å².